The largest absolute Gasteiger partial charge is 0.481 e. The number of urea groups is 1. The Kier molecular flexibility index (Phi) is 4.54. The molecule has 2 N–H and O–H groups in total. The van der Waals surface area contributed by atoms with Gasteiger partial charge in [-0.1, -0.05) is 13.0 Å². The maximum absolute atomic E-state index is 11.7. The number of hydrogen-bond donors (Lipinski definition) is 2. The van der Waals surface area contributed by atoms with Crippen LogP contribution in [0.15, 0.2) is 12.7 Å². The van der Waals surface area contributed by atoms with Crippen LogP contribution in [0.25, 0.3) is 0 Å². The van der Waals surface area contributed by atoms with E-state index in [9.17, 15) is 9.59 Å². The molecule has 2 unspecified atom stereocenters. The van der Waals surface area contributed by atoms with Gasteiger partial charge in [-0.3, -0.25) is 4.79 Å². The van der Waals surface area contributed by atoms with Gasteiger partial charge in [0.05, 0.1) is 5.92 Å². The zero-order valence-electron chi connectivity index (χ0n) is 10.3. The summed E-state index contributed by atoms with van der Waals surface area (Å²) < 4.78 is 0. The molecule has 2 atom stereocenters. The van der Waals surface area contributed by atoms with E-state index in [-0.39, 0.29) is 23.9 Å². The van der Waals surface area contributed by atoms with Crippen LogP contribution in [0.4, 0.5) is 4.79 Å². The van der Waals surface area contributed by atoms with Crippen molar-refractivity contribution in [2.24, 2.45) is 11.8 Å². The molecule has 0 aromatic carbocycles. The molecule has 5 heteroatoms. The SMILES string of the molecule is C=CCC(C)NC(=O)N1CC(C(C)C(=O)O)C1. The van der Waals surface area contributed by atoms with Gasteiger partial charge in [0.2, 0.25) is 0 Å². The Hall–Kier alpha value is -1.52. The molecule has 1 rings (SSSR count). The van der Waals surface area contributed by atoms with Crippen LogP contribution in [0.3, 0.4) is 0 Å². The van der Waals surface area contributed by atoms with E-state index in [4.69, 9.17) is 5.11 Å². The molecule has 5 nitrogen and oxygen atoms in total. The van der Waals surface area contributed by atoms with Crippen LogP contribution in [0, 0.1) is 11.8 Å². The number of carbonyl (C=O) groups excluding carboxylic acids is 1. The fraction of sp³-hybridized carbons (Fsp3) is 0.667. The molecule has 0 saturated carbocycles. The van der Waals surface area contributed by atoms with E-state index >= 15 is 0 Å². The molecule has 1 fully saturated rings. The third-order valence-electron chi connectivity index (χ3n) is 3.18. The van der Waals surface area contributed by atoms with E-state index < -0.39 is 5.97 Å². The lowest BCUT2D eigenvalue weighted by molar-refractivity contribution is -0.144. The Labute approximate surface area is 101 Å². The molecule has 0 spiro atoms. The van der Waals surface area contributed by atoms with Crippen molar-refractivity contribution < 1.29 is 14.7 Å². The van der Waals surface area contributed by atoms with E-state index in [1.165, 1.54) is 0 Å². The monoisotopic (exact) mass is 240 g/mol. The quantitative estimate of drug-likeness (QED) is 0.712. The number of rotatable bonds is 5. The number of nitrogens with one attached hydrogen (secondary N) is 1. The van der Waals surface area contributed by atoms with Crippen LogP contribution >= 0.6 is 0 Å². The normalized spacial score (nSPS) is 19.1. The third-order valence-corrected chi connectivity index (χ3v) is 3.18. The van der Waals surface area contributed by atoms with Crippen molar-refractivity contribution in [1.29, 1.82) is 0 Å². The number of amides is 2. The fourth-order valence-corrected chi connectivity index (χ4v) is 1.81. The maximum atomic E-state index is 11.7. The zero-order chi connectivity index (χ0) is 13.0. The minimum absolute atomic E-state index is 0.0657. The number of carboxylic acid groups (broad SMARTS) is 1. The van der Waals surface area contributed by atoms with Crippen molar-refractivity contribution in [3.8, 4) is 0 Å². The van der Waals surface area contributed by atoms with Crippen LogP contribution in [-0.4, -0.2) is 41.1 Å². The van der Waals surface area contributed by atoms with Gasteiger partial charge in [0.1, 0.15) is 0 Å². The number of nitrogens with zero attached hydrogens (tertiary/aromatic N) is 1. The summed E-state index contributed by atoms with van der Waals surface area (Å²) in [7, 11) is 0. The molecular formula is C12H20N2O3. The molecule has 1 aliphatic rings. The minimum atomic E-state index is -0.796. The average Bonchev–Trinajstić information content (AvgIpc) is 2.14. The van der Waals surface area contributed by atoms with Gasteiger partial charge in [0.15, 0.2) is 0 Å². The summed E-state index contributed by atoms with van der Waals surface area (Å²) in [4.78, 5) is 24.1. The molecule has 1 saturated heterocycles. The van der Waals surface area contributed by atoms with Crippen LogP contribution in [0.2, 0.25) is 0 Å². The highest BCUT2D eigenvalue weighted by atomic mass is 16.4. The number of aliphatic carboxylic acids is 1. The van der Waals surface area contributed by atoms with Gasteiger partial charge in [0, 0.05) is 25.0 Å². The molecule has 0 radical (unpaired) electrons. The minimum Gasteiger partial charge on any atom is -0.481 e. The second-order valence-corrected chi connectivity index (χ2v) is 4.67. The predicted octanol–water partition coefficient (Wildman–Crippen LogP) is 1.31. The van der Waals surface area contributed by atoms with Gasteiger partial charge >= 0.3 is 12.0 Å². The summed E-state index contributed by atoms with van der Waals surface area (Å²) in [5, 5.41) is 11.7. The summed E-state index contributed by atoms with van der Waals surface area (Å²) in [6.45, 7) is 8.26. The third kappa shape index (κ3) is 3.47. The highest BCUT2D eigenvalue weighted by molar-refractivity contribution is 5.76. The van der Waals surface area contributed by atoms with Crippen LogP contribution in [0.5, 0.6) is 0 Å². The highest BCUT2D eigenvalue weighted by Gasteiger charge is 2.37. The predicted molar refractivity (Wildman–Crippen MR) is 64.7 cm³/mol. The van der Waals surface area contributed by atoms with E-state index in [1.54, 1.807) is 17.9 Å². The standard InChI is InChI=1S/C12H20N2O3/c1-4-5-8(2)13-12(17)14-6-10(7-14)9(3)11(15)16/h4,8-10H,1,5-7H2,2-3H3,(H,13,17)(H,15,16). The van der Waals surface area contributed by atoms with E-state index in [1.807, 2.05) is 6.92 Å². The van der Waals surface area contributed by atoms with E-state index in [2.05, 4.69) is 11.9 Å². The summed E-state index contributed by atoms with van der Waals surface area (Å²) >= 11 is 0. The Bertz CT molecular complexity index is 311. The van der Waals surface area contributed by atoms with Crippen molar-refractivity contribution in [1.82, 2.24) is 10.2 Å². The summed E-state index contributed by atoms with van der Waals surface area (Å²) in [5.41, 5.74) is 0. The smallest absolute Gasteiger partial charge is 0.317 e. The molecule has 1 heterocycles. The number of likely N-dealkylation sites (tertiary alicyclic amines) is 1. The molecule has 2 amide bonds. The topological polar surface area (TPSA) is 69.6 Å². The van der Waals surface area contributed by atoms with Crippen LogP contribution in [-0.2, 0) is 4.79 Å². The lowest BCUT2D eigenvalue weighted by atomic mass is 9.87. The molecule has 0 aliphatic carbocycles. The van der Waals surface area contributed by atoms with Gasteiger partial charge in [0.25, 0.3) is 0 Å². The lowest BCUT2D eigenvalue weighted by Crippen LogP contribution is -2.57. The second kappa shape index (κ2) is 5.70. The highest BCUT2D eigenvalue weighted by Crippen LogP contribution is 2.23. The summed E-state index contributed by atoms with van der Waals surface area (Å²) in [6, 6.07) is -0.0517. The number of carboxylic acids is 1. The van der Waals surface area contributed by atoms with Crippen molar-refractivity contribution >= 4 is 12.0 Å². The van der Waals surface area contributed by atoms with Crippen molar-refractivity contribution in [3.05, 3.63) is 12.7 Å². The Balaban J connectivity index is 2.30. The Morgan fingerprint density at radius 1 is 1.53 bits per heavy atom. The van der Waals surface area contributed by atoms with Crippen LogP contribution in [0.1, 0.15) is 20.3 Å². The molecular weight excluding hydrogens is 220 g/mol. The first-order chi connectivity index (χ1) is 7.95. The first kappa shape index (κ1) is 13.5. The maximum Gasteiger partial charge on any atom is 0.317 e. The molecule has 0 aromatic rings. The van der Waals surface area contributed by atoms with Gasteiger partial charge < -0.3 is 15.3 Å². The van der Waals surface area contributed by atoms with Crippen LogP contribution < -0.4 is 5.32 Å². The first-order valence-corrected chi connectivity index (χ1v) is 5.84. The summed E-state index contributed by atoms with van der Waals surface area (Å²) in [6.07, 6.45) is 2.49. The number of hydrogen-bond acceptors (Lipinski definition) is 2. The first-order valence-electron chi connectivity index (χ1n) is 5.84. The summed E-state index contributed by atoms with van der Waals surface area (Å²) in [5.74, 6) is -1.10. The Morgan fingerprint density at radius 2 is 2.12 bits per heavy atom. The van der Waals surface area contributed by atoms with E-state index in [0.29, 0.717) is 13.1 Å². The molecule has 0 bridgehead atoms. The zero-order valence-corrected chi connectivity index (χ0v) is 10.3. The van der Waals surface area contributed by atoms with Gasteiger partial charge in [-0.05, 0) is 13.3 Å². The molecule has 17 heavy (non-hydrogen) atoms. The molecule has 1 aliphatic heterocycles. The van der Waals surface area contributed by atoms with Crippen molar-refractivity contribution in [2.45, 2.75) is 26.3 Å². The Morgan fingerprint density at radius 3 is 2.59 bits per heavy atom. The van der Waals surface area contributed by atoms with Gasteiger partial charge in [-0.25, -0.2) is 4.79 Å². The van der Waals surface area contributed by atoms with Crippen molar-refractivity contribution in [2.75, 3.05) is 13.1 Å². The second-order valence-electron chi connectivity index (χ2n) is 4.67. The van der Waals surface area contributed by atoms with Crippen molar-refractivity contribution in [3.63, 3.8) is 0 Å². The molecule has 96 valence electrons. The van der Waals surface area contributed by atoms with E-state index in [0.717, 1.165) is 6.42 Å². The molecule has 0 aromatic heterocycles. The fourth-order valence-electron chi connectivity index (χ4n) is 1.81. The lowest BCUT2D eigenvalue weighted by Gasteiger charge is -2.41. The van der Waals surface area contributed by atoms with Gasteiger partial charge in [-0.2, -0.15) is 0 Å². The van der Waals surface area contributed by atoms with Gasteiger partial charge in [-0.15, -0.1) is 6.58 Å². The number of carbonyl (C=O) groups is 2. The average molecular weight is 240 g/mol.